The summed E-state index contributed by atoms with van der Waals surface area (Å²) >= 11 is 0. The van der Waals surface area contributed by atoms with E-state index in [1.165, 1.54) is 24.0 Å². The average molecular weight is 268 g/mol. The molecule has 2 amide bonds. The standard InChI is InChI=1S/C13H17FN2O3/c1-3-19-13(18)15-8-9-16(10(2)17)12-7-5-4-6-11(12)14/h4-7H,3,8-9H2,1-2H3,(H,15,18). The number of carbonyl (C=O) groups excluding carboxylic acids is 2. The van der Waals surface area contributed by atoms with Crippen molar-refractivity contribution in [2.75, 3.05) is 24.6 Å². The number of alkyl carbamates (subject to hydrolysis) is 1. The van der Waals surface area contributed by atoms with E-state index in [1.54, 1.807) is 19.1 Å². The summed E-state index contributed by atoms with van der Waals surface area (Å²) in [4.78, 5) is 23.9. The minimum Gasteiger partial charge on any atom is -0.450 e. The molecule has 0 heterocycles. The number of ether oxygens (including phenoxy) is 1. The van der Waals surface area contributed by atoms with Crippen molar-refractivity contribution in [2.45, 2.75) is 13.8 Å². The molecule has 5 nitrogen and oxygen atoms in total. The molecule has 0 bridgehead atoms. The van der Waals surface area contributed by atoms with Crippen LogP contribution in [0, 0.1) is 5.82 Å². The van der Waals surface area contributed by atoms with E-state index >= 15 is 0 Å². The van der Waals surface area contributed by atoms with Gasteiger partial charge in [0, 0.05) is 20.0 Å². The first-order valence-corrected chi connectivity index (χ1v) is 5.99. The molecule has 0 fully saturated rings. The summed E-state index contributed by atoms with van der Waals surface area (Å²) in [5.74, 6) is -0.774. The number of hydrogen-bond donors (Lipinski definition) is 1. The van der Waals surface area contributed by atoms with Gasteiger partial charge in [0.1, 0.15) is 5.82 Å². The predicted octanol–water partition coefficient (Wildman–Crippen LogP) is 1.92. The number of nitrogens with one attached hydrogen (secondary N) is 1. The van der Waals surface area contributed by atoms with Crippen LogP contribution in [0.3, 0.4) is 0 Å². The minimum atomic E-state index is -0.556. The number of amides is 2. The first-order valence-electron chi connectivity index (χ1n) is 5.99. The Hall–Kier alpha value is -2.11. The highest BCUT2D eigenvalue weighted by atomic mass is 19.1. The van der Waals surface area contributed by atoms with Crippen molar-refractivity contribution in [3.05, 3.63) is 30.1 Å². The maximum atomic E-state index is 13.6. The van der Waals surface area contributed by atoms with Gasteiger partial charge >= 0.3 is 6.09 Å². The molecule has 0 unspecified atom stereocenters. The van der Waals surface area contributed by atoms with Gasteiger partial charge in [-0.2, -0.15) is 0 Å². The molecule has 1 aromatic carbocycles. The third-order valence-electron chi connectivity index (χ3n) is 2.40. The lowest BCUT2D eigenvalue weighted by atomic mass is 10.2. The van der Waals surface area contributed by atoms with Crippen LogP contribution in [0.25, 0.3) is 0 Å². The van der Waals surface area contributed by atoms with Crippen LogP contribution in [0.2, 0.25) is 0 Å². The van der Waals surface area contributed by atoms with E-state index in [0.29, 0.717) is 0 Å². The second kappa shape index (κ2) is 7.35. The number of nitrogens with zero attached hydrogens (tertiary/aromatic N) is 1. The number of halogens is 1. The van der Waals surface area contributed by atoms with Gasteiger partial charge in [0.15, 0.2) is 0 Å². The van der Waals surface area contributed by atoms with E-state index in [-0.39, 0.29) is 31.3 Å². The number of rotatable bonds is 5. The fraction of sp³-hybridized carbons (Fsp3) is 0.385. The Morgan fingerprint density at radius 3 is 2.63 bits per heavy atom. The van der Waals surface area contributed by atoms with E-state index in [0.717, 1.165) is 0 Å². The topological polar surface area (TPSA) is 58.6 Å². The van der Waals surface area contributed by atoms with E-state index in [2.05, 4.69) is 10.1 Å². The maximum absolute atomic E-state index is 13.6. The van der Waals surface area contributed by atoms with Gasteiger partial charge in [-0.3, -0.25) is 4.79 Å². The molecule has 0 saturated heterocycles. The fourth-order valence-corrected chi connectivity index (χ4v) is 1.57. The van der Waals surface area contributed by atoms with Crippen LogP contribution < -0.4 is 10.2 Å². The second-order valence-electron chi connectivity index (χ2n) is 3.77. The van der Waals surface area contributed by atoms with Gasteiger partial charge in [-0.1, -0.05) is 12.1 Å². The monoisotopic (exact) mass is 268 g/mol. The molecule has 0 aliphatic heterocycles. The molecule has 104 valence electrons. The molecule has 19 heavy (non-hydrogen) atoms. The quantitative estimate of drug-likeness (QED) is 0.887. The van der Waals surface area contributed by atoms with Gasteiger partial charge in [-0.05, 0) is 19.1 Å². The Labute approximate surface area is 111 Å². The van der Waals surface area contributed by atoms with Crippen molar-refractivity contribution >= 4 is 17.7 Å². The Kier molecular flexibility index (Phi) is 5.78. The highest BCUT2D eigenvalue weighted by Gasteiger charge is 2.15. The van der Waals surface area contributed by atoms with Gasteiger partial charge in [-0.15, -0.1) is 0 Å². The summed E-state index contributed by atoms with van der Waals surface area (Å²) in [5.41, 5.74) is 0.195. The Bertz CT molecular complexity index is 451. The number of para-hydroxylation sites is 1. The zero-order chi connectivity index (χ0) is 14.3. The molecule has 0 radical (unpaired) electrons. The van der Waals surface area contributed by atoms with Crippen LogP contribution in [0.4, 0.5) is 14.9 Å². The third kappa shape index (κ3) is 4.57. The van der Waals surface area contributed by atoms with Gasteiger partial charge in [0.25, 0.3) is 0 Å². The van der Waals surface area contributed by atoms with Crippen LogP contribution in [-0.2, 0) is 9.53 Å². The molecule has 0 aromatic heterocycles. The smallest absolute Gasteiger partial charge is 0.407 e. The van der Waals surface area contributed by atoms with Crippen LogP contribution in [0.5, 0.6) is 0 Å². The summed E-state index contributed by atoms with van der Waals surface area (Å²) in [5, 5.41) is 2.48. The number of carbonyl (C=O) groups is 2. The normalized spacial score (nSPS) is 9.84. The first kappa shape index (κ1) is 14.9. The summed E-state index contributed by atoms with van der Waals surface area (Å²) in [6, 6.07) is 5.99. The second-order valence-corrected chi connectivity index (χ2v) is 3.77. The molecule has 0 atom stereocenters. The van der Waals surface area contributed by atoms with Crippen molar-refractivity contribution < 1.29 is 18.7 Å². The minimum absolute atomic E-state index is 0.176. The van der Waals surface area contributed by atoms with Crippen LogP contribution >= 0.6 is 0 Å². The molecule has 0 aliphatic rings. The maximum Gasteiger partial charge on any atom is 0.407 e. The molecule has 1 aromatic rings. The van der Waals surface area contributed by atoms with Gasteiger partial charge in [0.05, 0.1) is 12.3 Å². The third-order valence-corrected chi connectivity index (χ3v) is 2.40. The first-order chi connectivity index (χ1) is 9.06. The van der Waals surface area contributed by atoms with E-state index < -0.39 is 11.9 Å². The van der Waals surface area contributed by atoms with Crippen molar-refractivity contribution in [1.82, 2.24) is 5.32 Å². The Morgan fingerprint density at radius 2 is 2.05 bits per heavy atom. The van der Waals surface area contributed by atoms with E-state index in [4.69, 9.17) is 0 Å². The van der Waals surface area contributed by atoms with Crippen molar-refractivity contribution in [3.63, 3.8) is 0 Å². The molecule has 0 spiro atoms. The van der Waals surface area contributed by atoms with Gasteiger partial charge in [-0.25, -0.2) is 9.18 Å². The number of hydrogen-bond acceptors (Lipinski definition) is 3. The highest BCUT2D eigenvalue weighted by molar-refractivity contribution is 5.91. The molecular weight excluding hydrogens is 251 g/mol. The van der Waals surface area contributed by atoms with Crippen LogP contribution in [-0.4, -0.2) is 31.7 Å². The zero-order valence-corrected chi connectivity index (χ0v) is 11.0. The van der Waals surface area contributed by atoms with Gasteiger partial charge in [0.2, 0.25) is 5.91 Å². The number of anilines is 1. The predicted molar refractivity (Wildman–Crippen MR) is 69.5 cm³/mol. The van der Waals surface area contributed by atoms with Crippen molar-refractivity contribution in [1.29, 1.82) is 0 Å². The SMILES string of the molecule is CCOC(=O)NCCN(C(C)=O)c1ccccc1F. The lowest BCUT2D eigenvalue weighted by Gasteiger charge is -2.21. The van der Waals surface area contributed by atoms with Crippen LogP contribution in [0.1, 0.15) is 13.8 Å². The zero-order valence-electron chi connectivity index (χ0n) is 11.0. The Morgan fingerprint density at radius 1 is 1.37 bits per heavy atom. The summed E-state index contributed by atoms with van der Waals surface area (Å²) in [7, 11) is 0. The van der Waals surface area contributed by atoms with E-state index in [1.807, 2.05) is 0 Å². The lowest BCUT2D eigenvalue weighted by molar-refractivity contribution is -0.116. The summed E-state index contributed by atoms with van der Waals surface area (Å²) in [6.45, 7) is 3.68. The molecule has 0 aliphatic carbocycles. The van der Waals surface area contributed by atoms with Crippen molar-refractivity contribution in [3.8, 4) is 0 Å². The van der Waals surface area contributed by atoms with E-state index in [9.17, 15) is 14.0 Å². The molecule has 1 N–H and O–H groups in total. The Balaban J connectivity index is 2.63. The molecule has 6 heteroatoms. The highest BCUT2D eigenvalue weighted by Crippen LogP contribution is 2.18. The fourth-order valence-electron chi connectivity index (χ4n) is 1.57. The molecule has 0 saturated carbocycles. The summed E-state index contributed by atoms with van der Waals surface area (Å²) < 4.78 is 18.3. The molecular formula is C13H17FN2O3. The lowest BCUT2D eigenvalue weighted by Crippen LogP contribution is -2.38. The van der Waals surface area contributed by atoms with Crippen molar-refractivity contribution in [2.24, 2.45) is 0 Å². The average Bonchev–Trinajstić information content (AvgIpc) is 2.36. The number of benzene rings is 1. The molecule has 1 rings (SSSR count). The summed E-state index contributed by atoms with van der Waals surface area (Å²) in [6.07, 6.45) is -0.556. The van der Waals surface area contributed by atoms with Crippen LogP contribution in [0.15, 0.2) is 24.3 Å². The van der Waals surface area contributed by atoms with Gasteiger partial charge < -0.3 is 15.0 Å². The largest absolute Gasteiger partial charge is 0.450 e.